The van der Waals surface area contributed by atoms with Gasteiger partial charge in [-0.2, -0.15) is 0 Å². The second-order valence-corrected chi connectivity index (χ2v) is 8.33. The highest BCUT2D eigenvalue weighted by atomic mass is 35.5. The Morgan fingerprint density at radius 2 is 1.76 bits per heavy atom. The second kappa shape index (κ2) is 7.64. The van der Waals surface area contributed by atoms with Gasteiger partial charge in [-0.25, -0.2) is 4.98 Å². The standard InChI is InChI=1S/C23H23ClN4O/c24-19-12-15(4-8-18(19)23(29)26-17-6-7-17)16-5-9-20-21(13-16)27-22(14-25-20)28-10-2-1-3-11-28/h4-5,8-9,12-14,17H,1-3,6-7,10-11H2,(H,26,29). The number of amides is 1. The van der Waals surface area contributed by atoms with E-state index in [1.807, 2.05) is 36.5 Å². The molecule has 0 unspecified atom stereocenters. The topological polar surface area (TPSA) is 58.1 Å². The van der Waals surface area contributed by atoms with Crippen LogP contribution < -0.4 is 10.2 Å². The second-order valence-electron chi connectivity index (χ2n) is 7.92. The van der Waals surface area contributed by atoms with E-state index in [-0.39, 0.29) is 5.91 Å². The predicted molar refractivity (Wildman–Crippen MR) is 117 cm³/mol. The third-order valence-corrected chi connectivity index (χ3v) is 5.98. The Balaban J connectivity index is 1.44. The maximum Gasteiger partial charge on any atom is 0.253 e. The highest BCUT2D eigenvalue weighted by molar-refractivity contribution is 6.34. The van der Waals surface area contributed by atoms with E-state index in [9.17, 15) is 4.79 Å². The van der Waals surface area contributed by atoms with Crippen LogP contribution in [0.3, 0.4) is 0 Å². The molecule has 6 heteroatoms. The van der Waals surface area contributed by atoms with Gasteiger partial charge in [-0.15, -0.1) is 0 Å². The van der Waals surface area contributed by atoms with Crippen LogP contribution in [0.1, 0.15) is 42.5 Å². The van der Waals surface area contributed by atoms with Gasteiger partial charge in [0, 0.05) is 19.1 Å². The molecule has 3 aromatic rings. The average Bonchev–Trinajstić information content (AvgIpc) is 3.57. The SMILES string of the molecule is O=C(NC1CC1)c1ccc(-c2ccc3ncc(N4CCCCC4)nc3c2)cc1Cl. The molecule has 0 radical (unpaired) electrons. The minimum atomic E-state index is -0.0976. The lowest BCUT2D eigenvalue weighted by molar-refractivity contribution is 0.0951. The Kier molecular flexibility index (Phi) is 4.84. The van der Waals surface area contributed by atoms with Crippen molar-refractivity contribution in [2.75, 3.05) is 18.0 Å². The van der Waals surface area contributed by atoms with Crippen LogP contribution in [0.4, 0.5) is 5.82 Å². The number of benzene rings is 2. The van der Waals surface area contributed by atoms with Crippen LogP contribution in [-0.2, 0) is 0 Å². The molecule has 1 aliphatic heterocycles. The molecule has 0 spiro atoms. The molecular formula is C23H23ClN4O. The molecule has 2 fully saturated rings. The number of halogens is 1. The molecular weight excluding hydrogens is 384 g/mol. The molecule has 1 amide bonds. The zero-order chi connectivity index (χ0) is 19.8. The molecule has 0 atom stereocenters. The maximum absolute atomic E-state index is 12.3. The number of hydrogen-bond acceptors (Lipinski definition) is 4. The summed E-state index contributed by atoms with van der Waals surface area (Å²) in [5.74, 6) is 0.846. The van der Waals surface area contributed by atoms with Crippen molar-refractivity contribution in [1.29, 1.82) is 0 Å². The average molecular weight is 407 g/mol. The van der Waals surface area contributed by atoms with Crippen LogP contribution in [0.15, 0.2) is 42.6 Å². The van der Waals surface area contributed by atoms with E-state index in [1.165, 1.54) is 19.3 Å². The fourth-order valence-corrected chi connectivity index (χ4v) is 4.09. The smallest absolute Gasteiger partial charge is 0.253 e. The maximum atomic E-state index is 12.3. The van der Waals surface area contributed by atoms with Gasteiger partial charge < -0.3 is 10.2 Å². The van der Waals surface area contributed by atoms with Gasteiger partial charge in [0.1, 0.15) is 5.82 Å². The van der Waals surface area contributed by atoms with Crippen molar-refractivity contribution in [2.45, 2.75) is 38.1 Å². The number of nitrogens with one attached hydrogen (secondary N) is 1. The molecule has 1 aromatic heterocycles. The van der Waals surface area contributed by atoms with E-state index in [0.29, 0.717) is 16.6 Å². The van der Waals surface area contributed by atoms with Crippen LogP contribution in [-0.4, -0.2) is 35.0 Å². The fourth-order valence-electron chi connectivity index (χ4n) is 3.83. The van der Waals surface area contributed by atoms with E-state index in [1.54, 1.807) is 6.07 Å². The van der Waals surface area contributed by atoms with Gasteiger partial charge in [-0.3, -0.25) is 9.78 Å². The summed E-state index contributed by atoms with van der Waals surface area (Å²) < 4.78 is 0. The molecule has 0 bridgehead atoms. The zero-order valence-corrected chi connectivity index (χ0v) is 17.0. The molecule has 148 valence electrons. The molecule has 1 aliphatic carbocycles. The summed E-state index contributed by atoms with van der Waals surface area (Å²) in [7, 11) is 0. The summed E-state index contributed by atoms with van der Waals surface area (Å²) in [4.78, 5) is 24.1. The van der Waals surface area contributed by atoms with Crippen molar-refractivity contribution in [3.8, 4) is 11.1 Å². The zero-order valence-electron chi connectivity index (χ0n) is 16.2. The number of carbonyl (C=O) groups excluding carboxylic acids is 1. The first-order valence-electron chi connectivity index (χ1n) is 10.3. The summed E-state index contributed by atoms with van der Waals surface area (Å²) in [6.45, 7) is 2.08. The molecule has 1 saturated carbocycles. The number of piperidine rings is 1. The number of nitrogens with zero attached hydrogens (tertiary/aromatic N) is 3. The largest absolute Gasteiger partial charge is 0.355 e. The van der Waals surface area contributed by atoms with Gasteiger partial charge in [-0.1, -0.05) is 23.7 Å². The quantitative estimate of drug-likeness (QED) is 0.674. The predicted octanol–water partition coefficient (Wildman–Crippen LogP) is 4.83. The molecule has 29 heavy (non-hydrogen) atoms. The summed E-state index contributed by atoms with van der Waals surface area (Å²) in [5, 5.41) is 3.45. The number of aromatic nitrogens is 2. The van der Waals surface area contributed by atoms with E-state index in [4.69, 9.17) is 16.6 Å². The van der Waals surface area contributed by atoms with Gasteiger partial charge in [0.05, 0.1) is 27.8 Å². The lowest BCUT2D eigenvalue weighted by atomic mass is 10.0. The molecule has 5 nitrogen and oxygen atoms in total. The lowest BCUT2D eigenvalue weighted by Gasteiger charge is -2.27. The fraction of sp³-hybridized carbons (Fsp3) is 0.348. The first-order valence-corrected chi connectivity index (χ1v) is 10.7. The van der Waals surface area contributed by atoms with Crippen molar-refractivity contribution in [3.05, 3.63) is 53.2 Å². The lowest BCUT2D eigenvalue weighted by Crippen LogP contribution is -2.30. The Morgan fingerprint density at radius 1 is 1.00 bits per heavy atom. The number of carbonyl (C=O) groups is 1. The van der Waals surface area contributed by atoms with Gasteiger partial charge >= 0.3 is 0 Å². The van der Waals surface area contributed by atoms with E-state index >= 15 is 0 Å². The Hall–Kier alpha value is -2.66. The number of anilines is 1. The molecule has 5 rings (SSSR count). The minimum Gasteiger partial charge on any atom is -0.355 e. The number of rotatable bonds is 4. The summed E-state index contributed by atoms with van der Waals surface area (Å²) in [6.07, 6.45) is 7.68. The van der Waals surface area contributed by atoms with Crippen molar-refractivity contribution in [1.82, 2.24) is 15.3 Å². The molecule has 2 aliphatic rings. The Labute approximate surface area is 175 Å². The third kappa shape index (κ3) is 3.92. The van der Waals surface area contributed by atoms with Gasteiger partial charge in [0.2, 0.25) is 0 Å². The normalized spacial score (nSPS) is 16.8. The third-order valence-electron chi connectivity index (χ3n) is 5.67. The van der Waals surface area contributed by atoms with E-state index < -0.39 is 0 Å². The van der Waals surface area contributed by atoms with E-state index in [2.05, 4.69) is 15.2 Å². The van der Waals surface area contributed by atoms with Crippen LogP contribution in [0.5, 0.6) is 0 Å². The highest BCUT2D eigenvalue weighted by Gasteiger charge is 2.24. The van der Waals surface area contributed by atoms with Crippen molar-refractivity contribution in [3.63, 3.8) is 0 Å². The Morgan fingerprint density at radius 3 is 2.52 bits per heavy atom. The van der Waals surface area contributed by atoms with Crippen LogP contribution >= 0.6 is 11.6 Å². The first kappa shape index (κ1) is 18.4. The van der Waals surface area contributed by atoms with E-state index in [0.717, 1.165) is 53.9 Å². The van der Waals surface area contributed by atoms with Crippen molar-refractivity contribution < 1.29 is 4.79 Å². The highest BCUT2D eigenvalue weighted by Crippen LogP contribution is 2.29. The first-order chi connectivity index (χ1) is 14.2. The Bertz CT molecular complexity index is 1070. The minimum absolute atomic E-state index is 0.0976. The van der Waals surface area contributed by atoms with Crippen LogP contribution in [0.25, 0.3) is 22.2 Å². The van der Waals surface area contributed by atoms with Crippen LogP contribution in [0, 0.1) is 0 Å². The summed E-state index contributed by atoms with van der Waals surface area (Å²) in [6, 6.07) is 12.0. The monoisotopic (exact) mass is 406 g/mol. The van der Waals surface area contributed by atoms with Crippen molar-refractivity contribution in [2.24, 2.45) is 0 Å². The molecule has 2 aromatic carbocycles. The molecule has 1 N–H and O–H groups in total. The van der Waals surface area contributed by atoms with Gasteiger partial charge in [0.25, 0.3) is 5.91 Å². The summed E-state index contributed by atoms with van der Waals surface area (Å²) in [5.41, 5.74) is 4.25. The molecule has 2 heterocycles. The van der Waals surface area contributed by atoms with Crippen LogP contribution in [0.2, 0.25) is 5.02 Å². The number of hydrogen-bond donors (Lipinski definition) is 1. The van der Waals surface area contributed by atoms with Gasteiger partial charge in [-0.05, 0) is 67.5 Å². The summed E-state index contributed by atoms with van der Waals surface area (Å²) >= 11 is 6.43. The van der Waals surface area contributed by atoms with Gasteiger partial charge in [0.15, 0.2) is 0 Å². The molecule has 1 saturated heterocycles. The number of fused-ring (bicyclic) bond motifs is 1. The van der Waals surface area contributed by atoms with Crippen molar-refractivity contribution >= 4 is 34.4 Å².